The lowest BCUT2D eigenvalue weighted by Crippen LogP contribution is -2.35. The summed E-state index contributed by atoms with van der Waals surface area (Å²) in [5, 5.41) is 10.8. The van der Waals surface area contributed by atoms with E-state index in [1.54, 1.807) is 0 Å². The van der Waals surface area contributed by atoms with E-state index in [9.17, 15) is 5.11 Å². The number of ether oxygens (including phenoxy) is 1. The molecule has 0 aliphatic carbocycles. The van der Waals surface area contributed by atoms with Crippen molar-refractivity contribution in [1.29, 1.82) is 0 Å². The largest absolute Gasteiger partial charge is 0.439 e. The number of aliphatic hydroxyl groups excluding tert-OH is 1. The predicted octanol–water partition coefficient (Wildman–Crippen LogP) is 2.92. The summed E-state index contributed by atoms with van der Waals surface area (Å²) in [6.07, 6.45) is 6.42. The van der Waals surface area contributed by atoms with E-state index < -0.39 is 0 Å². The Balaban J connectivity index is 1.25. The lowest BCUT2D eigenvalue weighted by atomic mass is 10.1. The van der Waals surface area contributed by atoms with Crippen LogP contribution in [0.2, 0.25) is 0 Å². The number of fused-ring (bicyclic) bond motifs is 1. The first-order valence-electron chi connectivity index (χ1n) is 10.6. The standard InChI is InChI=1S/C23H27N5O2/c29-19-6-9-28(10-7-19)15-16-11-17-1-3-20(12-22(17)24-13-16)30-23-4-2-18(14-25-23)21-5-8-26-27-21/h1-4,11-14,19,21,26-27,29H,5-10,15H2. The molecule has 2 aromatic heterocycles. The Hall–Kier alpha value is -2.58. The van der Waals surface area contributed by atoms with E-state index >= 15 is 0 Å². The van der Waals surface area contributed by atoms with E-state index in [0.717, 1.165) is 67.7 Å². The number of nitrogens with zero attached hydrogens (tertiary/aromatic N) is 3. The lowest BCUT2D eigenvalue weighted by Gasteiger charge is -2.29. The molecule has 0 saturated carbocycles. The topological polar surface area (TPSA) is 82.5 Å². The number of aliphatic hydroxyl groups is 1. The van der Waals surface area contributed by atoms with Gasteiger partial charge >= 0.3 is 0 Å². The molecular weight excluding hydrogens is 378 g/mol. The molecule has 4 heterocycles. The third-order valence-corrected chi connectivity index (χ3v) is 5.89. The Morgan fingerprint density at radius 1 is 1.03 bits per heavy atom. The Morgan fingerprint density at radius 2 is 1.93 bits per heavy atom. The fourth-order valence-corrected chi connectivity index (χ4v) is 4.15. The molecule has 156 valence electrons. The summed E-state index contributed by atoms with van der Waals surface area (Å²) in [6.45, 7) is 3.71. The highest BCUT2D eigenvalue weighted by Gasteiger charge is 2.18. The number of nitrogens with one attached hydrogen (secondary N) is 2. The van der Waals surface area contributed by atoms with E-state index in [1.807, 2.05) is 36.7 Å². The van der Waals surface area contributed by atoms with Gasteiger partial charge in [-0.25, -0.2) is 4.98 Å². The quantitative estimate of drug-likeness (QED) is 0.602. The molecule has 2 aliphatic heterocycles. The summed E-state index contributed by atoms with van der Waals surface area (Å²) in [5.41, 5.74) is 9.64. The van der Waals surface area contributed by atoms with Gasteiger partial charge in [0.1, 0.15) is 5.75 Å². The summed E-state index contributed by atoms with van der Waals surface area (Å²) in [4.78, 5) is 11.5. The zero-order chi connectivity index (χ0) is 20.3. The number of rotatable bonds is 5. The third kappa shape index (κ3) is 4.44. The highest BCUT2D eigenvalue weighted by Crippen LogP contribution is 2.26. The van der Waals surface area contributed by atoms with Crippen molar-refractivity contribution in [3.05, 3.63) is 59.9 Å². The van der Waals surface area contributed by atoms with Gasteiger partial charge in [-0.2, -0.15) is 0 Å². The Bertz CT molecular complexity index is 996. The molecule has 0 bridgehead atoms. The van der Waals surface area contributed by atoms with E-state index in [2.05, 4.69) is 37.9 Å². The Labute approximate surface area is 176 Å². The highest BCUT2D eigenvalue weighted by atomic mass is 16.5. The van der Waals surface area contributed by atoms with Crippen LogP contribution in [0.25, 0.3) is 10.9 Å². The van der Waals surface area contributed by atoms with Gasteiger partial charge in [0.05, 0.1) is 11.6 Å². The number of piperidine rings is 1. The molecule has 1 unspecified atom stereocenters. The van der Waals surface area contributed by atoms with E-state index in [-0.39, 0.29) is 6.10 Å². The molecule has 7 nitrogen and oxygen atoms in total. The molecule has 0 radical (unpaired) electrons. The number of hydrogen-bond acceptors (Lipinski definition) is 7. The van der Waals surface area contributed by atoms with Crippen molar-refractivity contribution in [2.24, 2.45) is 0 Å². The van der Waals surface area contributed by atoms with Crippen LogP contribution >= 0.6 is 0 Å². The van der Waals surface area contributed by atoms with Crippen LogP contribution in [0.5, 0.6) is 11.6 Å². The fraction of sp³-hybridized carbons (Fsp3) is 0.391. The van der Waals surface area contributed by atoms with Crippen LogP contribution in [0.15, 0.2) is 48.8 Å². The maximum atomic E-state index is 9.67. The molecule has 5 rings (SSSR count). The first-order valence-corrected chi connectivity index (χ1v) is 10.6. The van der Waals surface area contributed by atoms with Gasteiger partial charge < -0.3 is 9.84 Å². The predicted molar refractivity (Wildman–Crippen MR) is 115 cm³/mol. The first-order chi connectivity index (χ1) is 14.7. The van der Waals surface area contributed by atoms with Gasteiger partial charge in [-0.1, -0.05) is 6.07 Å². The molecule has 3 aromatic rings. The van der Waals surface area contributed by atoms with Crippen LogP contribution in [-0.2, 0) is 6.54 Å². The maximum absolute atomic E-state index is 9.67. The number of aromatic nitrogens is 2. The average Bonchev–Trinajstić information content (AvgIpc) is 3.31. The van der Waals surface area contributed by atoms with Crippen molar-refractivity contribution in [2.75, 3.05) is 19.6 Å². The van der Waals surface area contributed by atoms with Gasteiger partial charge in [0, 0.05) is 62.1 Å². The Kier molecular flexibility index (Phi) is 5.59. The van der Waals surface area contributed by atoms with Crippen LogP contribution in [0, 0.1) is 0 Å². The third-order valence-electron chi connectivity index (χ3n) is 5.89. The molecular formula is C23H27N5O2. The zero-order valence-corrected chi connectivity index (χ0v) is 16.9. The van der Waals surface area contributed by atoms with Crippen LogP contribution in [-0.4, -0.2) is 45.7 Å². The van der Waals surface area contributed by atoms with E-state index in [1.165, 1.54) is 5.56 Å². The maximum Gasteiger partial charge on any atom is 0.219 e. The lowest BCUT2D eigenvalue weighted by molar-refractivity contribution is 0.0792. The van der Waals surface area contributed by atoms with Crippen LogP contribution < -0.4 is 15.6 Å². The second-order valence-corrected chi connectivity index (χ2v) is 8.15. The second-order valence-electron chi connectivity index (χ2n) is 8.15. The van der Waals surface area contributed by atoms with Crippen molar-refractivity contribution >= 4 is 10.9 Å². The van der Waals surface area contributed by atoms with Gasteiger partial charge in [0.25, 0.3) is 0 Å². The fourth-order valence-electron chi connectivity index (χ4n) is 4.15. The van der Waals surface area contributed by atoms with Crippen LogP contribution in [0.1, 0.15) is 36.4 Å². The van der Waals surface area contributed by atoms with Gasteiger partial charge in [-0.15, -0.1) is 0 Å². The van der Waals surface area contributed by atoms with E-state index in [4.69, 9.17) is 4.74 Å². The monoisotopic (exact) mass is 405 g/mol. The number of hydrogen-bond donors (Lipinski definition) is 3. The van der Waals surface area contributed by atoms with Gasteiger partial charge in [-0.3, -0.25) is 20.7 Å². The molecule has 2 fully saturated rings. The summed E-state index contributed by atoms with van der Waals surface area (Å²) in [6, 6.07) is 12.4. The summed E-state index contributed by atoms with van der Waals surface area (Å²) >= 11 is 0. The summed E-state index contributed by atoms with van der Waals surface area (Å²) in [7, 11) is 0. The smallest absolute Gasteiger partial charge is 0.219 e. The first kappa shape index (κ1) is 19.4. The van der Waals surface area contributed by atoms with Crippen LogP contribution in [0.4, 0.5) is 0 Å². The van der Waals surface area contributed by atoms with E-state index in [0.29, 0.717) is 11.9 Å². The number of hydrazine groups is 1. The van der Waals surface area contributed by atoms with Crippen molar-refractivity contribution in [2.45, 2.75) is 38.0 Å². The minimum Gasteiger partial charge on any atom is -0.439 e. The SMILES string of the molecule is OC1CCN(Cc2cnc3cc(Oc4ccc(C5CCNN5)cn4)ccc3c2)CC1. The molecule has 0 spiro atoms. The van der Waals surface area contributed by atoms with Crippen molar-refractivity contribution in [3.8, 4) is 11.6 Å². The molecule has 1 aromatic carbocycles. The van der Waals surface area contributed by atoms with Crippen LogP contribution in [0.3, 0.4) is 0 Å². The second kappa shape index (κ2) is 8.65. The molecule has 0 amide bonds. The minimum atomic E-state index is -0.142. The summed E-state index contributed by atoms with van der Waals surface area (Å²) < 4.78 is 5.95. The van der Waals surface area contributed by atoms with Crippen molar-refractivity contribution < 1.29 is 9.84 Å². The zero-order valence-electron chi connectivity index (χ0n) is 16.9. The number of likely N-dealkylation sites (tertiary alicyclic amines) is 1. The molecule has 7 heteroatoms. The molecule has 30 heavy (non-hydrogen) atoms. The number of pyridine rings is 2. The van der Waals surface area contributed by atoms with Crippen molar-refractivity contribution in [3.63, 3.8) is 0 Å². The molecule has 2 aliphatic rings. The average molecular weight is 406 g/mol. The Morgan fingerprint density at radius 3 is 2.70 bits per heavy atom. The van der Waals surface area contributed by atoms with Gasteiger partial charge in [0.15, 0.2) is 0 Å². The van der Waals surface area contributed by atoms with Crippen molar-refractivity contribution in [1.82, 2.24) is 25.7 Å². The normalized spacial score (nSPS) is 20.6. The minimum absolute atomic E-state index is 0.142. The summed E-state index contributed by atoms with van der Waals surface area (Å²) in [5.74, 6) is 1.31. The number of benzene rings is 1. The van der Waals surface area contributed by atoms with Gasteiger partial charge in [0.2, 0.25) is 5.88 Å². The molecule has 1 atom stereocenters. The van der Waals surface area contributed by atoms with Gasteiger partial charge in [-0.05, 0) is 48.6 Å². The molecule has 3 N–H and O–H groups in total. The highest BCUT2D eigenvalue weighted by molar-refractivity contribution is 5.80. The molecule has 2 saturated heterocycles.